The van der Waals surface area contributed by atoms with Gasteiger partial charge in [-0.15, -0.1) is 0 Å². The van der Waals surface area contributed by atoms with Gasteiger partial charge in [0.1, 0.15) is 5.83 Å². The van der Waals surface area contributed by atoms with Crippen molar-refractivity contribution in [3.8, 4) is 0 Å². The predicted molar refractivity (Wildman–Crippen MR) is 54.5 cm³/mol. The minimum Gasteiger partial charge on any atom is -0.374 e. The van der Waals surface area contributed by atoms with Crippen LogP contribution >= 0.6 is 0 Å². The van der Waals surface area contributed by atoms with Crippen LogP contribution in [0.1, 0.15) is 18.4 Å². The second-order valence-corrected chi connectivity index (χ2v) is 3.43. The lowest BCUT2D eigenvalue weighted by Gasteiger charge is -2.03. The van der Waals surface area contributed by atoms with Crippen LogP contribution in [0.4, 0.5) is 4.39 Å². The summed E-state index contributed by atoms with van der Waals surface area (Å²) in [6.45, 7) is 0.753. The van der Waals surface area contributed by atoms with E-state index in [2.05, 4.69) is 0 Å². The Bertz CT molecular complexity index is 312. The maximum absolute atomic E-state index is 13.6. The zero-order valence-corrected chi connectivity index (χ0v) is 7.95. The smallest absolute Gasteiger partial charge is 0.129 e. The summed E-state index contributed by atoms with van der Waals surface area (Å²) in [6, 6.07) is 9.07. The Morgan fingerprint density at radius 3 is 2.79 bits per heavy atom. The molecule has 1 fully saturated rings. The summed E-state index contributed by atoms with van der Waals surface area (Å²) >= 11 is 0. The molecule has 0 spiro atoms. The van der Waals surface area contributed by atoms with Crippen LogP contribution in [-0.2, 0) is 4.74 Å². The van der Waals surface area contributed by atoms with Gasteiger partial charge in [0.05, 0.1) is 6.10 Å². The van der Waals surface area contributed by atoms with Crippen molar-refractivity contribution < 1.29 is 9.13 Å². The highest BCUT2D eigenvalue weighted by atomic mass is 19.1. The largest absolute Gasteiger partial charge is 0.374 e. The van der Waals surface area contributed by atoms with Crippen molar-refractivity contribution in [1.29, 1.82) is 0 Å². The molecule has 0 N–H and O–H groups in total. The van der Waals surface area contributed by atoms with Gasteiger partial charge in [0.2, 0.25) is 0 Å². The Morgan fingerprint density at radius 1 is 1.36 bits per heavy atom. The number of hydrogen-bond donors (Lipinski definition) is 0. The van der Waals surface area contributed by atoms with E-state index in [4.69, 9.17) is 4.74 Å². The minimum absolute atomic E-state index is 0.0322. The molecule has 1 aromatic rings. The first kappa shape index (κ1) is 9.41. The van der Waals surface area contributed by atoms with Crippen LogP contribution in [0.2, 0.25) is 0 Å². The molecule has 0 aliphatic carbocycles. The van der Waals surface area contributed by atoms with Crippen molar-refractivity contribution in [3.05, 3.63) is 42.0 Å². The average molecular weight is 192 g/mol. The zero-order chi connectivity index (χ0) is 9.80. The Morgan fingerprint density at radius 2 is 2.14 bits per heavy atom. The fraction of sp³-hybridized carbons (Fsp3) is 0.333. The summed E-state index contributed by atoms with van der Waals surface area (Å²) < 4.78 is 18.9. The van der Waals surface area contributed by atoms with Gasteiger partial charge in [-0.05, 0) is 18.9 Å². The molecule has 0 bridgehead atoms. The first-order valence-corrected chi connectivity index (χ1v) is 4.90. The third kappa shape index (κ3) is 2.20. The van der Waals surface area contributed by atoms with Crippen molar-refractivity contribution in [2.24, 2.45) is 0 Å². The predicted octanol–water partition coefficient (Wildman–Crippen LogP) is 3.18. The molecule has 0 saturated carbocycles. The van der Waals surface area contributed by atoms with Crippen LogP contribution in [0.5, 0.6) is 0 Å². The van der Waals surface area contributed by atoms with Gasteiger partial charge in [0, 0.05) is 12.2 Å². The van der Waals surface area contributed by atoms with Gasteiger partial charge in [-0.1, -0.05) is 30.3 Å². The normalized spacial score (nSPS) is 22.6. The van der Waals surface area contributed by atoms with Crippen molar-refractivity contribution >= 4 is 5.83 Å². The van der Waals surface area contributed by atoms with Gasteiger partial charge in [0.25, 0.3) is 0 Å². The lowest BCUT2D eigenvalue weighted by Crippen LogP contribution is -1.99. The number of benzene rings is 1. The average Bonchev–Trinajstić information content (AvgIpc) is 2.72. The molecule has 2 heteroatoms. The molecule has 1 unspecified atom stereocenters. The second-order valence-electron chi connectivity index (χ2n) is 3.43. The number of rotatable bonds is 2. The van der Waals surface area contributed by atoms with E-state index in [-0.39, 0.29) is 11.9 Å². The van der Waals surface area contributed by atoms with E-state index in [1.54, 1.807) is 18.2 Å². The first-order valence-electron chi connectivity index (χ1n) is 4.90. The van der Waals surface area contributed by atoms with E-state index in [0.717, 1.165) is 19.4 Å². The van der Waals surface area contributed by atoms with E-state index < -0.39 is 0 Å². The Kier molecular flexibility index (Phi) is 2.94. The summed E-state index contributed by atoms with van der Waals surface area (Å²) in [5, 5.41) is 0. The van der Waals surface area contributed by atoms with E-state index in [0.29, 0.717) is 5.56 Å². The van der Waals surface area contributed by atoms with Crippen LogP contribution in [0.15, 0.2) is 36.4 Å². The maximum Gasteiger partial charge on any atom is 0.129 e. The molecular weight excluding hydrogens is 179 g/mol. The zero-order valence-electron chi connectivity index (χ0n) is 7.95. The van der Waals surface area contributed by atoms with Crippen LogP contribution < -0.4 is 0 Å². The van der Waals surface area contributed by atoms with Gasteiger partial charge in [0.15, 0.2) is 0 Å². The number of halogens is 1. The SMILES string of the molecule is F/C(=C/C1CCCO1)c1ccccc1. The number of ether oxygens (including phenoxy) is 1. The number of hydrogen-bond acceptors (Lipinski definition) is 1. The Labute approximate surface area is 83.2 Å². The van der Waals surface area contributed by atoms with E-state index in [1.807, 2.05) is 18.2 Å². The molecule has 1 saturated heterocycles. The third-order valence-electron chi connectivity index (χ3n) is 2.35. The van der Waals surface area contributed by atoms with Gasteiger partial charge in [-0.3, -0.25) is 0 Å². The molecule has 74 valence electrons. The topological polar surface area (TPSA) is 9.23 Å². The van der Waals surface area contributed by atoms with Gasteiger partial charge >= 0.3 is 0 Å². The van der Waals surface area contributed by atoms with E-state index in [1.165, 1.54) is 0 Å². The molecule has 14 heavy (non-hydrogen) atoms. The molecule has 1 aromatic carbocycles. The van der Waals surface area contributed by atoms with Crippen LogP contribution in [0.3, 0.4) is 0 Å². The van der Waals surface area contributed by atoms with Crippen molar-refractivity contribution in [2.45, 2.75) is 18.9 Å². The lowest BCUT2D eigenvalue weighted by atomic mass is 10.1. The molecular formula is C12H13FO. The van der Waals surface area contributed by atoms with Crippen molar-refractivity contribution in [3.63, 3.8) is 0 Å². The Hall–Kier alpha value is -1.15. The molecule has 0 amide bonds. The quantitative estimate of drug-likeness (QED) is 0.699. The van der Waals surface area contributed by atoms with Gasteiger partial charge in [-0.2, -0.15) is 0 Å². The molecule has 1 atom stereocenters. The maximum atomic E-state index is 13.6. The molecule has 0 radical (unpaired) electrons. The van der Waals surface area contributed by atoms with Crippen LogP contribution in [-0.4, -0.2) is 12.7 Å². The summed E-state index contributed by atoms with van der Waals surface area (Å²) in [5.41, 5.74) is 0.628. The minimum atomic E-state index is -0.183. The molecule has 1 aliphatic rings. The fourth-order valence-corrected chi connectivity index (χ4v) is 1.59. The molecule has 1 nitrogen and oxygen atoms in total. The summed E-state index contributed by atoms with van der Waals surface area (Å²) in [4.78, 5) is 0. The highest BCUT2D eigenvalue weighted by Gasteiger charge is 2.14. The first-order chi connectivity index (χ1) is 6.86. The summed E-state index contributed by atoms with van der Waals surface area (Å²) in [7, 11) is 0. The van der Waals surface area contributed by atoms with E-state index in [9.17, 15) is 4.39 Å². The van der Waals surface area contributed by atoms with Gasteiger partial charge < -0.3 is 4.74 Å². The fourth-order valence-electron chi connectivity index (χ4n) is 1.59. The summed E-state index contributed by atoms with van der Waals surface area (Å²) in [5.74, 6) is -0.183. The monoisotopic (exact) mass is 192 g/mol. The third-order valence-corrected chi connectivity index (χ3v) is 2.35. The van der Waals surface area contributed by atoms with E-state index >= 15 is 0 Å². The lowest BCUT2D eigenvalue weighted by molar-refractivity contribution is 0.145. The molecule has 0 aromatic heterocycles. The van der Waals surface area contributed by atoms with Crippen molar-refractivity contribution in [1.82, 2.24) is 0 Å². The second kappa shape index (κ2) is 4.38. The summed E-state index contributed by atoms with van der Waals surface area (Å²) in [6.07, 6.45) is 3.50. The van der Waals surface area contributed by atoms with Crippen molar-refractivity contribution in [2.75, 3.05) is 6.61 Å². The van der Waals surface area contributed by atoms with Crippen LogP contribution in [0, 0.1) is 0 Å². The molecule has 1 aliphatic heterocycles. The van der Waals surface area contributed by atoms with Gasteiger partial charge in [-0.25, -0.2) is 4.39 Å². The van der Waals surface area contributed by atoms with Crippen LogP contribution in [0.25, 0.3) is 5.83 Å². The molecule has 1 heterocycles. The highest BCUT2D eigenvalue weighted by molar-refractivity contribution is 5.59. The standard InChI is InChI=1S/C12H13FO/c13-12(9-11-7-4-8-14-11)10-5-2-1-3-6-10/h1-3,5-6,9,11H,4,7-8H2/b12-9+. The molecule has 2 rings (SSSR count). The Balaban J connectivity index is 2.10. The highest BCUT2D eigenvalue weighted by Crippen LogP contribution is 2.21.